The van der Waals surface area contributed by atoms with Gasteiger partial charge in [0, 0.05) is 18.1 Å². The minimum Gasteiger partial charge on any atom is -0.383 e. The average molecular weight is 235 g/mol. The molecule has 0 saturated heterocycles. The smallest absolute Gasteiger partial charge is 0.0948 e. The molecule has 1 aromatic heterocycles. The molecule has 84 valence electrons. The molecule has 1 N–H and O–H groups in total. The van der Waals surface area contributed by atoms with E-state index >= 15 is 0 Å². The van der Waals surface area contributed by atoms with Gasteiger partial charge in [0.2, 0.25) is 0 Å². The average Bonchev–Trinajstić information content (AvgIpc) is 2.28. The Kier molecular flexibility index (Phi) is 3.30. The molecule has 0 spiro atoms. The third-order valence-electron chi connectivity index (χ3n) is 2.42. The number of aromatic nitrogens is 1. The van der Waals surface area contributed by atoms with Gasteiger partial charge in [-0.1, -0.05) is 25.4 Å². The van der Waals surface area contributed by atoms with Crippen LogP contribution >= 0.6 is 11.6 Å². The Morgan fingerprint density at radius 1 is 1.31 bits per heavy atom. The van der Waals surface area contributed by atoms with Crippen LogP contribution in [0.2, 0.25) is 5.02 Å². The second-order valence-corrected chi connectivity index (χ2v) is 4.68. The summed E-state index contributed by atoms with van der Waals surface area (Å²) in [5.74, 6) is 0.606. The predicted molar refractivity (Wildman–Crippen MR) is 70.1 cm³/mol. The lowest BCUT2D eigenvalue weighted by atomic mass is 10.1. The van der Waals surface area contributed by atoms with Gasteiger partial charge in [0.25, 0.3) is 0 Å². The Morgan fingerprint density at radius 3 is 2.88 bits per heavy atom. The van der Waals surface area contributed by atoms with Crippen molar-refractivity contribution in [3.05, 3.63) is 35.5 Å². The summed E-state index contributed by atoms with van der Waals surface area (Å²) in [6.45, 7) is 5.30. The molecule has 1 aromatic carbocycles. The highest BCUT2D eigenvalue weighted by atomic mass is 35.5. The Balaban J connectivity index is 2.42. The van der Waals surface area contributed by atoms with Gasteiger partial charge in [0.1, 0.15) is 0 Å². The molecule has 0 amide bonds. The number of fused-ring (bicyclic) bond motifs is 1. The van der Waals surface area contributed by atoms with Gasteiger partial charge in [-0.2, -0.15) is 0 Å². The standard InChI is InChI=1S/C13H15ClN2/c1-9(2)8-16-12-6-5-11(14)10-4-3-7-15-13(10)12/h3-7,9,16H,8H2,1-2H3. The zero-order chi connectivity index (χ0) is 11.5. The molecule has 0 aliphatic carbocycles. The van der Waals surface area contributed by atoms with E-state index in [4.69, 9.17) is 11.6 Å². The molecular weight excluding hydrogens is 220 g/mol. The van der Waals surface area contributed by atoms with Crippen LogP contribution < -0.4 is 5.32 Å². The van der Waals surface area contributed by atoms with E-state index in [1.165, 1.54) is 0 Å². The molecule has 0 saturated carbocycles. The van der Waals surface area contributed by atoms with E-state index in [-0.39, 0.29) is 0 Å². The summed E-state index contributed by atoms with van der Waals surface area (Å²) in [7, 11) is 0. The summed E-state index contributed by atoms with van der Waals surface area (Å²) in [5.41, 5.74) is 1.99. The SMILES string of the molecule is CC(C)CNc1ccc(Cl)c2cccnc12. The molecule has 0 unspecified atom stereocenters. The van der Waals surface area contributed by atoms with E-state index in [9.17, 15) is 0 Å². The molecule has 3 heteroatoms. The van der Waals surface area contributed by atoms with Crippen LogP contribution in [0.25, 0.3) is 10.9 Å². The minimum absolute atomic E-state index is 0.606. The van der Waals surface area contributed by atoms with Crippen molar-refractivity contribution in [1.82, 2.24) is 4.98 Å². The first kappa shape index (κ1) is 11.2. The maximum Gasteiger partial charge on any atom is 0.0948 e. The van der Waals surface area contributed by atoms with Gasteiger partial charge in [-0.15, -0.1) is 0 Å². The fourth-order valence-corrected chi connectivity index (χ4v) is 1.81. The van der Waals surface area contributed by atoms with Crippen LogP contribution in [0.4, 0.5) is 5.69 Å². The zero-order valence-electron chi connectivity index (χ0n) is 9.50. The highest BCUT2D eigenvalue weighted by Gasteiger charge is 2.05. The monoisotopic (exact) mass is 234 g/mol. The molecular formula is C13H15ClN2. The Hall–Kier alpha value is -1.28. The molecule has 2 rings (SSSR count). The fourth-order valence-electron chi connectivity index (χ4n) is 1.59. The van der Waals surface area contributed by atoms with Crippen molar-refractivity contribution < 1.29 is 0 Å². The van der Waals surface area contributed by atoms with Crippen molar-refractivity contribution >= 4 is 28.2 Å². The molecule has 0 radical (unpaired) electrons. The van der Waals surface area contributed by atoms with Crippen molar-refractivity contribution in [1.29, 1.82) is 0 Å². The van der Waals surface area contributed by atoms with Crippen LogP contribution in [0.15, 0.2) is 30.5 Å². The molecule has 0 bridgehead atoms. The van der Waals surface area contributed by atoms with Gasteiger partial charge in [-0.05, 0) is 30.2 Å². The lowest BCUT2D eigenvalue weighted by Gasteiger charge is -2.11. The van der Waals surface area contributed by atoms with Crippen LogP contribution in [0.1, 0.15) is 13.8 Å². The second-order valence-electron chi connectivity index (χ2n) is 4.27. The highest BCUT2D eigenvalue weighted by molar-refractivity contribution is 6.35. The van der Waals surface area contributed by atoms with Gasteiger partial charge in [-0.25, -0.2) is 0 Å². The number of anilines is 1. The topological polar surface area (TPSA) is 24.9 Å². The first-order valence-corrected chi connectivity index (χ1v) is 5.83. The van der Waals surface area contributed by atoms with Crippen LogP contribution in [-0.4, -0.2) is 11.5 Å². The number of benzene rings is 1. The first-order valence-electron chi connectivity index (χ1n) is 5.45. The van der Waals surface area contributed by atoms with E-state index in [0.29, 0.717) is 5.92 Å². The van der Waals surface area contributed by atoms with Crippen LogP contribution in [0.5, 0.6) is 0 Å². The zero-order valence-corrected chi connectivity index (χ0v) is 10.3. The molecule has 2 aromatic rings. The van der Waals surface area contributed by atoms with Gasteiger partial charge >= 0.3 is 0 Å². The number of hydrogen-bond donors (Lipinski definition) is 1. The summed E-state index contributed by atoms with van der Waals surface area (Å²) in [6.07, 6.45) is 1.79. The summed E-state index contributed by atoms with van der Waals surface area (Å²) in [6, 6.07) is 7.79. The summed E-state index contributed by atoms with van der Waals surface area (Å²) < 4.78 is 0. The Bertz CT molecular complexity index is 494. The molecule has 0 aliphatic heterocycles. The van der Waals surface area contributed by atoms with Crippen LogP contribution in [-0.2, 0) is 0 Å². The minimum atomic E-state index is 0.606. The van der Waals surface area contributed by atoms with Crippen LogP contribution in [0.3, 0.4) is 0 Å². The van der Waals surface area contributed by atoms with E-state index in [1.807, 2.05) is 24.3 Å². The van der Waals surface area contributed by atoms with E-state index < -0.39 is 0 Å². The maximum atomic E-state index is 6.12. The molecule has 1 heterocycles. The number of rotatable bonds is 3. The van der Waals surface area contributed by atoms with E-state index in [2.05, 4.69) is 24.1 Å². The number of halogens is 1. The Labute approximate surface area is 101 Å². The third kappa shape index (κ3) is 2.27. The van der Waals surface area contributed by atoms with E-state index in [0.717, 1.165) is 28.2 Å². The summed E-state index contributed by atoms with van der Waals surface area (Å²) in [5, 5.41) is 5.14. The largest absolute Gasteiger partial charge is 0.383 e. The molecule has 16 heavy (non-hydrogen) atoms. The van der Waals surface area contributed by atoms with Crippen molar-refractivity contribution in [2.75, 3.05) is 11.9 Å². The van der Waals surface area contributed by atoms with Gasteiger partial charge in [0.15, 0.2) is 0 Å². The maximum absolute atomic E-state index is 6.12. The summed E-state index contributed by atoms with van der Waals surface area (Å²) in [4.78, 5) is 4.37. The van der Waals surface area contributed by atoms with E-state index in [1.54, 1.807) is 6.20 Å². The molecule has 0 atom stereocenters. The van der Waals surface area contributed by atoms with Crippen molar-refractivity contribution in [3.8, 4) is 0 Å². The predicted octanol–water partition coefficient (Wildman–Crippen LogP) is 3.96. The number of nitrogens with zero attached hydrogens (tertiary/aromatic N) is 1. The van der Waals surface area contributed by atoms with Crippen molar-refractivity contribution in [3.63, 3.8) is 0 Å². The van der Waals surface area contributed by atoms with Gasteiger partial charge in [-0.3, -0.25) is 4.98 Å². The number of nitrogens with one attached hydrogen (secondary N) is 1. The molecule has 0 fully saturated rings. The quantitative estimate of drug-likeness (QED) is 0.870. The molecule has 2 nitrogen and oxygen atoms in total. The third-order valence-corrected chi connectivity index (χ3v) is 2.75. The van der Waals surface area contributed by atoms with Crippen molar-refractivity contribution in [2.45, 2.75) is 13.8 Å². The fraction of sp³-hybridized carbons (Fsp3) is 0.308. The van der Waals surface area contributed by atoms with Gasteiger partial charge in [0.05, 0.1) is 16.2 Å². The Morgan fingerprint density at radius 2 is 2.12 bits per heavy atom. The second kappa shape index (κ2) is 4.71. The normalized spacial score (nSPS) is 11.0. The first-order chi connectivity index (χ1) is 7.68. The van der Waals surface area contributed by atoms with Gasteiger partial charge < -0.3 is 5.32 Å². The summed E-state index contributed by atoms with van der Waals surface area (Å²) >= 11 is 6.12. The highest BCUT2D eigenvalue weighted by Crippen LogP contribution is 2.27. The lowest BCUT2D eigenvalue weighted by Crippen LogP contribution is -2.08. The number of pyridine rings is 1. The van der Waals surface area contributed by atoms with Crippen molar-refractivity contribution in [2.24, 2.45) is 5.92 Å². The number of hydrogen-bond acceptors (Lipinski definition) is 2. The molecule has 0 aliphatic rings. The van der Waals surface area contributed by atoms with Crippen LogP contribution in [0, 0.1) is 5.92 Å². The lowest BCUT2D eigenvalue weighted by molar-refractivity contribution is 0.689.